The second kappa shape index (κ2) is 2.53. The zero-order chi connectivity index (χ0) is 10.5. The van der Waals surface area contributed by atoms with Crippen molar-refractivity contribution < 1.29 is 5.11 Å². The van der Waals surface area contributed by atoms with Crippen molar-refractivity contribution in [2.75, 3.05) is 0 Å². The molecule has 0 heterocycles. The molecule has 0 aromatic carbocycles. The minimum atomic E-state index is -0.184. The fourth-order valence-electron chi connectivity index (χ4n) is 7.30. The summed E-state index contributed by atoms with van der Waals surface area (Å²) in [5.41, 5.74) is -0.184. The van der Waals surface area contributed by atoms with E-state index in [-0.39, 0.29) is 5.60 Å². The van der Waals surface area contributed by atoms with Crippen LogP contribution in [0.5, 0.6) is 0 Å². The highest BCUT2D eigenvalue weighted by molar-refractivity contribution is 5.21. The highest BCUT2D eigenvalue weighted by Crippen LogP contribution is 2.74. The van der Waals surface area contributed by atoms with E-state index in [4.69, 9.17) is 0 Å². The Labute approximate surface area is 97.6 Å². The second-order valence-corrected chi connectivity index (χ2v) is 7.50. The quantitative estimate of drug-likeness (QED) is 0.620. The molecular formula is C15H22O. The standard InChI is InChI=1S/C15H22O/c16-15-7-11(10-2-1-3-12(10)15)13-8-4-5-9(6-8)14(13)15/h8-14,16H,1-7H2. The molecular weight excluding hydrogens is 196 g/mol. The highest BCUT2D eigenvalue weighted by atomic mass is 16.3. The summed E-state index contributed by atoms with van der Waals surface area (Å²) in [6, 6.07) is 0. The first kappa shape index (κ1) is 8.97. The lowest BCUT2D eigenvalue weighted by molar-refractivity contribution is -0.0881. The Bertz CT molecular complexity index is 351. The fraction of sp³-hybridized carbons (Fsp3) is 1.00. The summed E-state index contributed by atoms with van der Waals surface area (Å²) in [5.74, 6) is 6.25. The smallest absolute Gasteiger partial charge is 0.0714 e. The third-order valence-corrected chi connectivity index (χ3v) is 7.38. The second-order valence-electron chi connectivity index (χ2n) is 7.50. The Balaban J connectivity index is 1.64. The van der Waals surface area contributed by atoms with E-state index >= 15 is 0 Å². The lowest BCUT2D eigenvalue weighted by atomic mass is 9.62. The van der Waals surface area contributed by atoms with Gasteiger partial charge in [-0.1, -0.05) is 6.42 Å². The summed E-state index contributed by atoms with van der Waals surface area (Å²) >= 11 is 0. The van der Waals surface area contributed by atoms with E-state index in [1.807, 2.05) is 0 Å². The predicted molar refractivity (Wildman–Crippen MR) is 61.7 cm³/mol. The van der Waals surface area contributed by atoms with E-state index in [2.05, 4.69) is 0 Å². The summed E-state index contributed by atoms with van der Waals surface area (Å²) in [6.07, 6.45) is 9.81. The molecule has 0 spiro atoms. The third-order valence-electron chi connectivity index (χ3n) is 7.38. The van der Waals surface area contributed by atoms with Gasteiger partial charge in [0.2, 0.25) is 0 Å². The molecule has 8 unspecified atom stereocenters. The molecule has 5 aliphatic rings. The van der Waals surface area contributed by atoms with E-state index < -0.39 is 0 Å². The van der Waals surface area contributed by atoms with Crippen LogP contribution in [-0.2, 0) is 0 Å². The molecule has 0 saturated heterocycles. The minimum Gasteiger partial charge on any atom is -0.389 e. The lowest BCUT2D eigenvalue weighted by Gasteiger charge is -2.45. The molecule has 1 nitrogen and oxygen atoms in total. The molecule has 88 valence electrons. The number of aliphatic hydroxyl groups is 1. The van der Waals surface area contributed by atoms with E-state index in [0.717, 1.165) is 41.4 Å². The van der Waals surface area contributed by atoms with Gasteiger partial charge in [-0.25, -0.2) is 0 Å². The first-order valence-electron chi connectivity index (χ1n) is 7.51. The fourth-order valence-corrected chi connectivity index (χ4v) is 7.30. The van der Waals surface area contributed by atoms with Crippen LogP contribution in [0.25, 0.3) is 0 Å². The molecule has 1 N–H and O–H groups in total. The van der Waals surface area contributed by atoms with Gasteiger partial charge in [0.15, 0.2) is 0 Å². The molecule has 0 aliphatic heterocycles. The van der Waals surface area contributed by atoms with Crippen LogP contribution in [0.3, 0.4) is 0 Å². The molecule has 5 rings (SSSR count). The van der Waals surface area contributed by atoms with Gasteiger partial charge in [-0.15, -0.1) is 0 Å². The van der Waals surface area contributed by atoms with Gasteiger partial charge in [-0.3, -0.25) is 0 Å². The monoisotopic (exact) mass is 218 g/mol. The van der Waals surface area contributed by atoms with Gasteiger partial charge in [0.1, 0.15) is 0 Å². The van der Waals surface area contributed by atoms with Crippen LogP contribution in [0, 0.1) is 41.4 Å². The number of rotatable bonds is 0. The highest BCUT2D eigenvalue weighted by Gasteiger charge is 2.72. The van der Waals surface area contributed by atoms with E-state index in [9.17, 15) is 5.11 Å². The maximum atomic E-state index is 11.2. The molecule has 0 aromatic rings. The van der Waals surface area contributed by atoms with Gasteiger partial charge in [0.05, 0.1) is 5.60 Å². The normalized spacial score (nSPS) is 69.9. The van der Waals surface area contributed by atoms with Crippen LogP contribution in [0.15, 0.2) is 0 Å². The van der Waals surface area contributed by atoms with Crippen molar-refractivity contribution in [2.24, 2.45) is 41.4 Å². The lowest BCUT2D eigenvalue weighted by Crippen LogP contribution is -2.47. The van der Waals surface area contributed by atoms with Crippen LogP contribution in [-0.4, -0.2) is 10.7 Å². The zero-order valence-electron chi connectivity index (χ0n) is 9.94. The van der Waals surface area contributed by atoms with Crippen molar-refractivity contribution in [1.29, 1.82) is 0 Å². The molecule has 16 heavy (non-hydrogen) atoms. The summed E-state index contributed by atoms with van der Waals surface area (Å²) in [7, 11) is 0. The number of fused-ring (bicyclic) bond motifs is 12. The largest absolute Gasteiger partial charge is 0.389 e. The summed E-state index contributed by atoms with van der Waals surface area (Å²) < 4.78 is 0. The summed E-state index contributed by atoms with van der Waals surface area (Å²) in [5, 5.41) is 11.2. The van der Waals surface area contributed by atoms with E-state index in [0.29, 0.717) is 0 Å². The van der Waals surface area contributed by atoms with E-state index in [1.165, 1.54) is 44.9 Å². The molecule has 0 radical (unpaired) electrons. The van der Waals surface area contributed by atoms with E-state index in [1.54, 1.807) is 0 Å². The summed E-state index contributed by atoms with van der Waals surface area (Å²) in [4.78, 5) is 0. The topological polar surface area (TPSA) is 20.2 Å². The molecule has 1 heteroatoms. The van der Waals surface area contributed by atoms with Crippen LogP contribution in [0.4, 0.5) is 0 Å². The molecule has 8 atom stereocenters. The Morgan fingerprint density at radius 2 is 1.81 bits per heavy atom. The first-order valence-corrected chi connectivity index (χ1v) is 7.51. The molecule has 0 amide bonds. The van der Waals surface area contributed by atoms with Gasteiger partial charge in [0.25, 0.3) is 0 Å². The van der Waals surface area contributed by atoms with Crippen molar-refractivity contribution in [2.45, 2.75) is 50.5 Å². The van der Waals surface area contributed by atoms with Crippen LogP contribution in [0.1, 0.15) is 44.9 Å². The van der Waals surface area contributed by atoms with Crippen LogP contribution >= 0.6 is 0 Å². The average Bonchev–Trinajstić information content (AvgIpc) is 3.00. The molecule has 5 saturated carbocycles. The van der Waals surface area contributed by atoms with Gasteiger partial charge >= 0.3 is 0 Å². The zero-order valence-corrected chi connectivity index (χ0v) is 9.94. The van der Waals surface area contributed by atoms with Crippen LogP contribution in [0.2, 0.25) is 0 Å². The van der Waals surface area contributed by atoms with Gasteiger partial charge in [-0.05, 0) is 80.0 Å². The minimum absolute atomic E-state index is 0.184. The van der Waals surface area contributed by atoms with Crippen molar-refractivity contribution in [3.05, 3.63) is 0 Å². The maximum Gasteiger partial charge on any atom is 0.0714 e. The SMILES string of the molecule is OC12CC(C3CCCC31)C1C3CCC(C3)C12. The van der Waals surface area contributed by atoms with Gasteiger partial charge in [-0.2, -0.15) is 0 Å². The first-order chi connectivity index (χ1) is 7.79. The van der Waals surface area contributed by atoms with Gasteiger partial charge < -0.3 is 5.11 Å². The molecule has 5 aliphatic carbocycles. The Morgan fingerprint density at radius 1 is 0.938 bits per heavy atom. The maximum absolute atomic E-state index is 11.2. The molecule has 0 aromatic heterocycles. The van der Waals surface area contributed by atoms with Gasteiger partial charge in [0, 0.05) is 0 Å². The average molecular weight is 218 g/mol. The predicted octanol–water partition coefficient (Wildman–Crippen LogP) is 2.83. The Kier molecular flexibility index (Phi) is 1.42. The van der Waals surface area contributed by atoms with Crippen molar-refractivity contribution in [3.63, 3.8) is 0 Å². The number of hydrogen-bond acceptors (Lipinski definition) is 1. The van der Waals surface area contributed by atoms with Crippen molar-refractivity contribution in [1.82, 2.24) is 0 Å². The van der Waals surface area contributed by atoms with Crippen molar-refractivity contribution >= 4 is 0 Å². The van der Waals surface area contributed by atoms with Crippen LogP contribution < -0.4 is 0 Å². The Hall–Kier alpha value is -0.0400. The molecule has 4 bridgehead atoms. The summed E-state index contributed by atoms with van der Waals surface area (Å²) in [6.45, 7) is 0. The molecule has 5 fully saturated rings. The third kappa shape index (κ3) is 0.749. The van der Waals surface area contributed by atoms with Crippen molar-refractivity contribution in [3.8, 4) is 0 Å². The number of hydrogen-bond donors (Lipinski definition) is 1. The Morgan fingerprint density at radius 3 is 2.75 bits per heavy atom.